The van der Waals surface area contributed by atoms with E-state index in [2.05, 4.69) is 25.2 Å². The van der Waals surface area contributed by atoms with E-state index in [1.165, 1.54) is 32.1 Å². The van der Waals surface area contributed by atoms with Crippen molar-refractivity contribution in [1.82, 2.24) is 5.32 Å². The first kappa shape index (κ1) is 12.7. The third kappa shape index (κ3) is 3.35. The molecule has 0 aliphatic heterocycles. The van der Waals surface area contributed by atoms with Crippen LogP contribution in [0.1, 0.15) is 64.2 Å². The molecule has 0 amide bonds. The summed E-state index contributed by atoms with van der Waals surface area (Å²) in [6, 6.07) is 5.15. The summed E-state index contributed by atoms with van der Waals surface area (Å²) in [6.45, 7) is 4.54. The number of rotatable bonds is 5. The molecule has 17 heavy (non-hydrogen) atoms. The highest BCUT2D eigenvalue weighted by atomic mass is 16.3. The number of furan rings is 1. The Labute approximate surface area is 105 Å². The van der Waals surface area contributed by atoms with E-state index in [-0.39, 0.29) is 0 Å². The maximum absolute atomic E-state index is 5.51. The second-order valence-electron chi connectivity index (χ2n) is 5.27. The summed E-state index contributed by atoms with van der Waals surface area (Å²) in [5, 5.41) is 3.76. The molecule has 1 atom stereocenters. The van der Waals surface area contributed by atoms with Crippen molar-refractivity contribution < 1.29 is 4.42 Å². The zero-order valence-electron chi connectivity index (χ0n) is 11.1. The molecule has 1 aromatic rings. The molecule has 1 saturated carbocycles. The van der Waals surface area contributed by atoms with Crippen molar-refractivity contribution in [3.63, 3.8) is 0 Å². The van der Waals surface area contributed by atoms with Gasteiger partial charge < -0.3 is 9.73 Å². The lowest BCUT2D eigenvalue weighted by atomic mass is 9.84. The highest BCUT2D eigenvalue weighted by molar-refractivity contribution is 5.04. The summed E-state index contributed by atoms with van der Waals surface area (Å²) >= 11 is 0. The first-order chi connectivity index (χ1) is 8.33. The minimum atomic E-state index is 0.396. The predicted molar refractivity (Wildman–Crippen MR) is 70.9 cm³/mol. The third-order valence-corrected chi connectivity index (χ3v) is 4.16. The van der Waals surface area contributed by atoms with Gasteiger partial charge in [0.1, 0.15) is 5.76 Å². The van der Waals surface area contributed by atoms with Crippen molar-refractivity contribution in [2.75, 3.05) is 0 Å². The van der Waals surface area contributed by atoms with Crippen LogP contribution in [0.4, 0.5) is 0 Å². The molecule has 0 radical (unpaired) electrons. The Kier molecular flexibility index (Phi) is 4.66. The molecule has 96 valence electrons. The van der Waals surface area contributed by atoms with Gasteiger partial charge in [0.2, 0.25) is 0 Å². The minimum absolute atomic E-state index is 0.396. The van der Waals surface area contributed by atoms with E-state index >= 15 is 0 Å². The fraction of sp³-hybridized carbons (Fsp3) is 0.733. The lowest BCUT2D eigenvalue weighted by molar-refractivity contribution is 0.257. The lowest BCUT2D eigenvalue weighted by Crippen LogP contribution is -2.35. The molecule has 1 N–H and O–H groups in total. The summed E-state index contributed by atoms with van der Waals surface area (Å²) < 4.78 is 5.51. The van der Waals surface area contributed by atoms with E-state index < -0.39 is 0 Å². The number of hydrogen-bond donors (Lipinski definition) is 1. The molecule has 1 aliphatic carbocycles. The summed E-state index contributed by atoms with van der Waals surface area (Å²) in [5.41, 5.74) is 0. The maximum Gasteiger partial charge on any atom is 0.120 e. The molecule has 2 nitrogen and oxygen atoms in total. The van der Waals surface area contributed by atoms with Gasteiger partial charge in [-0.25, -0.2) is 0 Å². The minimum Gasteiger partial charge on any atom is -0.468 e. The first-order valence-electron chi connectivity index (χ1n) is 7.12. The third-order valence-electron chi connectivity index (χ3n) is 4.16. The van der Waals surface area contributed by atoms with Crippen molar-refractivity contribution >= 4 is 0 Å². The Bertz CT molecular complexity index is 299. The van der Waals surface area contributed by atoms with Crippen molar-refractivity contribution in [2.45, 2.75) is 64.5 Å². The number of hydrogen-bond acceptors (Lipinski definition) is 2. The van der Waals surface area contributed by atoms with Gasteiger partial charge in [-0.05, 0) is 50.2 Å². The van der Waals surface area contributed by atoms with Crippen molar-refractivity contribution in [1.29, 1.82) is 0 Å². The van der Waals surface area contributed by atoms with Gasteiger partial charge in [0.25, 0.3) is 0 Å². The molecule has 1 fully saturated rings. The highest BCUT2D eigenvalue weighted by Crippen LogP contribution is 2.28. The van der Waals surface area contributed by atoms with E-state index in [1.54, 1.807) is 6.26 Å². The van der Waals surface area contributed by atoms with Gasteiger partial charge in [0.15, 0.2) is 0 Å². The Hall–Kier alpha value is -0.760. The average molecular weight is 235 g/mol. The molecule has 1 heterocycles. The van der Waals surface area contributed by atoms with Crippen molar-refractivity contribution in [3.05, 3.63) is 24.2 Å². The van der Waals surface area contributed by atoms with Crippen LogP contribution in [0, 0.1) is 5.92 Å². The Morgan fingerprint density at radius 2 is 2.06 bits per heavy atom. The van der Waals surface area contributed by atoms with E-state index in [0.29, 0.717) is 12.1 Å². The summed E-state index contributed by atoms with van der Waals surface area (Å²) in [6.07, 6.45) is 9.66. The lowest BCUT2D eigenvalue weighted by Gasteiger charge is -2.31. The Morgan fingerprint density at radius 3 is 2.59 bits per heavy atom. The smallest absolute Gasteiger partial charge is 0.120 e. The second-order valence-corrected chi connectivity index (χ2v) is 5.27. The zero-order valence-corrected chi connectivity index (χ0v) is 11.1. The Balaban J connectivity index is 1.84. The fourth-order valence-electron chi connectivity index (χ4n) is 2.91. The van der Waals surface area contributed by atoms with Crippen molar-refractivity contribution in [2.24, 2.45) is 5.92 Å². The van der Waals surface area contributed by atoms with Gasteiger partial charge in [-0.1, -0.05) is 20.3 Å². The zero-order chi connectivity index (χ0) is 12.1. The van der Waals surface area contributed by atoms with Gasteiger partial charge in [-0.3, -0.25) is 0 Å². The van der Waals surface area contributed by atoms with Gasteiger partial charge >= 0.3 is 0 Å². The van der Waals surface area contributed by atoms with Crippen LogP contribution in [0.5, 0.6) is 0 Å². The summed E-state index contributed by atoms with van der Waals surface area (Å²) in [4.78, 5) is 0. The van der Waals surface area contributed by atoms with Gasteiger partial charge in [0.05, 0.1) is 12.3 Å². The summed E-state index contributed by atoms with van der Waals surface area (Å²) in [7, 11) is 0. The van der Waals surface area contributed by atoms with Gasteiger partial charge in [0, 0.05) is 6.04 Å². The van der Waals surface area contributed by atoms with Crippen LogP contribution in [0.15, 0.2) is 22.8 Å². The largest absolute Gasteiger partial charge is 0.468 e. The molecule has 1 aromatic heterocycles. The van der Waals surface area contributed by atoms with Crippen LogP contribution in [0.25, 0.3) is 0 Å². The van der Waals surface area contributed by atoms with Crippen LogP contribution in [-0.2, 0) is 0 Å². The number of nitrogens with one attached hydrogen (secondary N) is 1. The highest BCUT2D eigenvalue weighted by Gasteiger charge is 2.23. The molecule has 0 bridgehead atoms. The quantitative estimate of drug-likeness (QED) is 0.823. The van der Waals surface area contributed by atoms with Crippen molar-refractivity contribution in [3.8, 4) is 0 Å². The van der Waals surface area contributed by atoms with Crippen LogP contribution >= 0.6 is 0 Å². The monoisotopic (exact) mass is 235 g/mol. The normalized spacial score (nSPS) is 26.9. The molecule has 2 rings (SSSR count). The first-order valence-corrected chi connectivity index (χ1v) is 7.12. The SMILES string of the molecule is CCC1CCC(NC(CC)c2ccco2)CC1. The van der Waals surface area contributed by atoms with Crippen LogP contribution in [0.2, 0.25) is 0 Å². The maximum atomic E-state index is 5.51. The van der Waals surface area contributed by atoms with Crippen LogP contribution in [0.3, 0.4) is 0 Å². The summed E-state index contributed by atoms with van der Waals surface area (Å²) in [5.74, 6) is 2.06. The van der Waals surface area contributed by atoms with E-state index in [9.17, 15) is 0 Å². The molecule has 1 aliphatic rings. The second kappa shape index (κ2) is 6.25. The van der Waals surface area contributed by atoms with Crippen LogP contribution in [-0.4, -0.2) is 6.04 Å². The topological polar surface area (TPSA) is 25.2 Å². The van der Waals surface area contributed by atoms with Gasteiger partial charge in [-0.15, -0.1) is 0 Å². The predicted octanol–water partition coefficient (Wildman–Crippen LogP) is 4.29. The molecular weight excluding hydrogens is 210 g/mol. The Morgan fingerprint density at radius 1 is 1.29 bits per heavy atom. The molecule has 0 spiro atoms. The van der Waals surface area contributed by atoms with E-state index in [1.807, 2.05) is 6.07 Å². The standard InChI is InChI=1S/C15H25NO/c1-3-12-7-9-13(10-8-12)16-14(4-2)15-6-5-11-17-15/h5-6,11-14,16H,3-4,7-10H2,1-2H3. The average Bonchev–Trinajstić information content (AvgIpc) is 2.90. The molecular formula is C15H25NO. The van der Waals surface area contributed by atoms with Gasteiger partial charge in [-0.2, -0.15) is 0 Å². The van der Waals surface area contributed by atoms with E-state index in [4.69, 9.17) is 4.42 Å². The molecule has 0 saturated heterocycles. The fourth-order valence-corrected chi connectivity index (χ4v) is 2.91. The molecule has 2 heteroatoms. The van der Waals surface area contributed by atoms with E-state index in [0.717, 1.165) is 18.1 Å². The molecule has 1 unspecified atom stereocenters. The van der Waals surface area contributed by atoms with Crippen LogP contribution < -0.4 is 5.32 Å². The molecule has 0 aromatic carbocycles.